The molecule has 0 aromatic heterocycles. The minimum Gasteiger partial charge on any atom is -0.508 e. The molecule has 4 heteroatoms. The Morgan fingerprint density at radius 1 is 1.04 bits per heavy atom. The van der Waals surface area contributed by atoms with E-state index in [0.717, 1.165) is 31.0 Å². The summed E-state index contributed by atoms with van der Waals surface area (Å²) in [5.41, 5.74) is 6.87. The topological polar surface area (TPSA) is 49.5 Å². The molecule has 2 rings (SSSR count). The van der Waals surface area contributed by atoms with Gasteiger partial charge < -0.3 is 10.8 Å². The van der Waals surface area contributed by atoms with Crippen molar-refractivity contribution in [1.29, 1.82) is 0 Å². The fourth-order valence-corrected chi connectivity index (χ4v) is 3.19. The predicted molar refractivity (Wildman–Crippen MR) is 105 cm³/mol. The van der Waals surface area contributed by atoms with Crippen molar-refractivity contribution < 1.29 is 5.11 Å². The van der Waals surface area contributed by atoms with Crippen molar-refractivity contribution in [3.63, 3.8) is 0 Å². The Labute approximate surface area is 151 Å². The molecular weight excluding hydrogens is 316 g/mol. The lowest BCUT2D eigenvalue weighted by Crippen LogP contribution is -2.23. The minimum atomic E-state index is 0.312. The first kappa shape index (κ1) is 20.6. The lowest BCUT2D eigenvalue weighted by Gasteiger charge is -2.22. The van der Waals surface area contributed by atoms with Crippen LogP contribution in [0.15, 0.2) is 59.5 Å². The van der Waals surface area contributed by atoms with E-state index in [1.807, 2.05) is 30.3 Å². The van der Waals surface area contributed by atoms with E-state index in [1.165, 1.54) is 5.56 Å². The summed E-state index contributed by atoms with van der Waals surface area (Å²) in [6.45, 7) is 9.29. The molecule has 0 fully saturated rings. The van der Waals surface area contributed by atoms with E-state index >= 15 is 0 Å². The average Bonchev–Trinajstić information content (AvgIpc) is 2.55. The summed E-state index contributed by atoms with van der Waals surface area (Å²) >= 11 is 1.73. The Morgan fingerprint density at radius 3 is 2.12 bits per heavy atom. The van der Waals surface area contributed by atoms with E-state index in [-0.39, 0.29) is 0 Å². The van der Waals surface area contributed by atoms with Crippen LogP contribution in [0, 0.1) is 12.8 Å². The largest absolute Gasteiger partial charge is 0.508 e. The van der Waals surface area contributed by atoms with E-state index in [2.05, 4.69) is 37.2 Å². The fraction of sp³-hybridized carbons (Fsp3) is 0.400. The molecule has 0 aliphatic carbocycles. The van der Waals surface area contributed by atoms with Gasteiger partial charge in [-0.05, 0) is 62.0 Å². The van der Waals surface area contributed by atoms with Crippen LogP contribution in [0.3, 0.4) is 0 Å². The number of aryl methyl sites for hydroxylation is 1. The molecule has 3 N–H and O–H groups in total. The molecular formula is C20H30N2OS. The third-order valence-corrected chi connectivity index (χ3v) is 4.26. The molecule has 0 saturated heterocycles. The highest BCUT2D eigenvalue weighted by Crippen LogP contribution is 2.25. The summed E-state index contributed by atoms with van der Waals surface area (Å²) < 4.78 is 2.34. The molecule has 0 saturated carbocycles. The van der Waals surface area contributed by atoms with Gasteiger partial charge in [0.05, 0.1) is 0 Å². The van der Waals surface area contributed by atoms with Crippen LogP contribution < -0.4 is 5.73 Å². The van der Waals surface area contributed by atoms with Crippen molar-refractivity contribution in [3.05, 3.63) is 60.2 Å². The van der Waals surface area contributed by atoms with Crippen LogP contribution >= 0.6 is 11.9 Å². The normalized spacial score (nSPS) is 10.6. The number of nitrogens with zero attached hydrogens (tertiary/aromatic N) is 1. The second kappa shape index (κ2) is 12.0. The third-order valence-electron chi connectivity index (χ3n) is 3.19. The van der Waals surface area contributed by atoms with Gasteiger partial charge in [-0.3, -0.25) is 0 Å². The smallest absolute Gasteiger partial charge is 0.115 e. The molecule has 0 heterocycles. The Morgan fingerprint density at radius 2 is 1.67 bits per heavy atom. The number of nitrogens with two attached hydrogens (primary N) is 1. The summed E-state index contributed by atoms with van der Waals surface area (Å²) in [7, 11) is 0. The van der Waals surface area contributed by atoms with Gasteiger partial charge in [-0.2, -0.15) is 0 Å². The lowest BCUT2D eigenvalue weighted by molar-refractivity contribution is 0.402. The van der Waals surface area contributed by atoms with Gasteiger partial charge in [-0.15, -0.1) is 0 Å². The monoisotopic (exact) mass is 346 g/mol. The summed E-state index contributed by atoms with van der Waals surface area (Å²) in [6, 6.07) is 17.6. The minimum absolute atomic E-state index is 0.312. The van der Waals surface area contributed by atoms with Crippen molar-refractivity contribution >= 4 is 11.9 Å². The zero-order chi connectivity index (χ0) is 17.8. The molecule has 24 heavy (non-hydrogen) atoms. The first-order valence-corrected chi connectivity index (χ1v) is 9.22. The average molecular weight is 347 g/mol. The van der Waals surface area contributed by atoms with Crippen molar-refractivity contribution in [1.82, 2.24) is 4.31 Å². The van der Waals surface area contributed by atoms with Crippen LogP contribution in [0.2, 0.25) is 0 Å². The van der Waals surface area contributed by atoms with E-state index in [4.69, 9.17) is 5.73 Å². The fourth-order valence-electron chi connectivity index (χ4n) is 2.04. The molecule has 0 atom stereocenters. The molecule has 2 aromatic rings. The molecule has 0 spiro atoms. The zero-order valence-electron chi connectivity index (χ0n) is 15.0. The van der Waals surface area contributed by atoms with Gasteiger partial charge in [0.25, 0.3) is 0 Å². The summed E-state index contributed by atoms with van der Waals surface area (Å²) in [6.07, 6.45) is 1.01. The Bertz CT molecular complexity index is 543. The van der Waals surface area contributed by atoms with Gasteiger partial charge in [-0.1, -0.05) is 49.7 Å². The Balaban J connectivity index is 0.000000341. The van der Waals surface area contributed by atoms with Crippen LogP contribution in [0.5, 0.6) is 5.75 Å². The van der Waals surface area contributed by atoms with Crippen LogP contribution in [-0.2, 0) is 0 Å². The summed E-state index contributed by atoms with van der Waals surface area (Å²) in [5, 5.41) is 9.24. The highest BCUT2D eigenvalue weighted by atomic mass is 32.2. The van der Waals surface area contributed by atoms with Crippen molar-refractivity contribution in [2.45, 2.75) is 32.1 Å². The number of hydrogen-bond acceptors (Lipinski definition) is 4. The molecule has 0 bridgehead atoms. The van der Waals surface area contributed by atoms with E-state index < -0.39 is 0 Å². The zero-order valence-corrected chi connectivity index (χ0v) is 15.8. The van der Waals surface area contributed by atoms with Crippen LogP contribution in [-0.4, -0.2) is 29.0 Å². The van der Waals surface area contributed by atoms with Gasteiger partial charge in [-0.25, -0.2) is 4.31 Å². The number of phenolic OH excluding ortho intramolecular Hbond substituents is 1. The highest BCUT2D eigenvalue weighted by molar-refractivity contribution is 7.97. The number of rotatable bonds is 7. The number of aromatic hydroxyl groups is 1. The standard InChI is InChI=1S/C13H22N2OS.C7H8/c1-11(2)10-15(9-3-8-14)17-13-6-4-12(16)5-7-13;1-7-5-3-2-4-6-7/h4-7,11,16H,3,8-10,14H2,1-2H3;2-6H,1H3. The molecule has 0 radical (unpaired) electrons. The number of phenols is 1. The Kier molecular flexibility index (Phi) is 10.2. The summed E-state index contributed by atoms with van der Waals surface area (Å²) in [5.74, 6) is 0.948. The predicted octanol–water partition coefficient (Wildman–Crippen LogP) is 4.70. The van der Waals surface area contributed by atoms with Crippen molar-refractivity contribution in [2.24, 2.45) is 11.7 Å². The molecule has 0 aliphatic rings. The number of hydrogen-bond donors (Lipinski definition) is 2. The quantitative estimate of drug-likeness (QED) is 0.713. The maximum absolute atomic E-state index is 9.24. The highest BCUT2D eigenvalue weighted by Gasteiger charge is 2.08. The summed E-state index contributed by atoms with van der Waals surface area (Å²) in [4.78, 5) is 1.15. The van der Waals surface area contributed by atoms with Crippen molar-refractivity contribution in [2.75, 3.05) is 19.6 Å². The van der Waals surface area contributed by atoms with Crippen LogP contribution in [0.25, 0.3) is 0 Å². The van der Waals surface area contributed by atoms with Gasteiger partial charge in [0, 0.05) is 18.0 Å². The van der Waals surface area contributed by atoms with Gasteiger partial charge >= 0.3 is 0 Å². The van der Waals surface area contributed by atoms with Gasteiger partial charge in [0.2, 0.25) is 0 Å². The first-order valence-electron chi connectivity index (χ1n) is 8.45. The maximum atomic E-state index is 9.24. The molecule has 2 aromatic carbocycles. The molecule has 0 amide bonds. The third kappa shape index (κ3) is 9.60. The second-order valence-electron chi connectivity index (χ2n) is 6.16. The molecule has 0 aliphatic heterocycles. The van der Waals surface area contributed by atoms with Crippen molar-refractivity contribution in [3.8, 4) is 5.75 Å². The maximum Gasteiger partial charge on any atom is 0.115 e. The van der Waals surface area contributed by atoms with E-state index in [0.29, 0.717) is 11.7 Å². The van der Waals surface area contributed by atoms with E-state index in [9.17, 15) is 5.11 Å². The lowest BCUT2D eigenvalue weighted by atomic mass is 10.2. The second-order valence-corrected chi connectivity index (χ2v) is 7.33. The Hall–Kier alpha value is -1.49. The SMILES string of the molecule is CC(C)CN(CCCN)Sc1ccc(O)cc1.Cc1ccccc1. The van der Waals surface area contributed by atoms with Crippen LogP contribution in [0.1, 0.15) is 25.8 Å². The molecule has 0 unspecified atom stereocenters. The first-order chi connectivity index (χ1) is 11.5. The molecule has 132 valence electrons. The van der Waals surface area contributed by atoms with Crippen LogP contribution in [0.4, 0.5) is 0 Å². The number of benzene rings is 2. The van der Waals surface area contributed by atoms with Gasteiger partial charge in [0.15, 0.2) is 0 Å². The van der Waals surface area contributed by atoms with E-state index in [1.54, 1.807) is 24.1 Å². The molecule has 3 nitrogen and oxygen atoms in total. The van der Waals surface area contributed by atoms with Gasteiger partial charge in [0.1, 0.15) is 5.75 Å².